The Bertz CT molecular complexity index is 500. The molecule has 4 nitrogen and oxygen atoms in total. The van der Waals surface area contributed by atoms with Crippen LogP contribution in [0.25, 0.3) is 0 Å². The Labute approximate surface area is 99.7 Å². The second kappa shape index (κ2) is 5.32. The Kier molecular flexibility index (Phi) is 3.57. The van der Waals surface area contributed by atoms with E-state index in [2.05, 4.69) is 4.98 Å². The molecule has 0 fully saturated rings. The molecule has 88 valence electrons. The highest BCUT2D eigenvalue weighted by Gasteiger charge is 1.99. The van der Waals surface area contributed by atoms with E-state index in [1.54, 1.807) is 36.7 Å². The van der Waals surface area contributed by atoms with Gasteiger partial charge in [0.2, 0.25) is 0 Å². The van der Waals surface area contributed by atoms with Gasteiger partial charge in [0.15, 0.2) is 0 Å². The van der Waals surface area contributed by atoms with E-state index in [9.17, 15) is 5.11 Å². The molecule has 0 radical (unpaired) electrons. The molecule has 0 spiro atoms. The van der Waals surface area contributed by atoms with Crippen molar-refractivity contribution in [2.24, 2.45) is 5.73 Å². The maximum absolute atomic E-state index is 9.28. The molecule has 0 aliphatic carbocycles. The van der Waals surface area contributed by atoms with Gasteiger partial charge in [0.1, 0.15) is 18.1 Å². The van der Waals surface area contributed by atoms with Crippen molar-refractivity contribution in [3.05, 3.63) is 53.9 Å². The Morgan fingerprint density at radius 2 is 2.00 bits per heavy atom. The van der Waals surface area contributed by atoms with Crippen molar-refractivity contribution >= 4 is 0 Å². The van der Waals surface area contributed by atoms with Gasteiger partial charge in [0.25, 0.3) is 0 Å². The van der Waals surface area contributed by atoms with Crippen LogP contribution in [0.1, 0.15) is 11.1 Å². The van der Waals surface area contributed by atoms with Crippen molar-refractivity contribution < 1.29 is 9.84 Å². The summed E-state index contributed by atoms with van der Waals surface area (Å²) in [6, 6.07) is 8.65. The summed E-state index contributed by atoms with van der Waals surface area (Å²) in [4.78, 5) is 4.08. The smallest absolute Gasteiger partial charge is 0.123 e. The average Bonchev–Trinajstić information content (AvgIpc) is 2.37. The van der Waals surface area contributed by atoms with E-state index in [-0.39, 0.29) is 5.75 Å². The SMILES string of the molecule is NCc1cncc(COc2cccc(O)c2)c1. The molecule has 2 aromatic rings. The van der Waals surface area contributed by atoms with Crippen LogP contribution in [0.4, 0.5) is 0 Å². The normalized spacial score (nSPS) is 10.2. The van der Waals surface area contributed by atoms with Crippen LogP contribution in [0.15, 0.2) is 42.7 Å². The van der Waals surface area contributed by atoms with Gasteiger partial charge in [-0.3, -0.25) is 4.98 Å². The number of benzene rings is 1. The Morgan fingerprint density at radius 1 is 1.18 bits per heavy atom. The van der Waals surface area contributed by atoms with Gasteiger partial charge in [0.05, 0.1) is 0 Å². The average molecular weight is 230 g/mol. The lowest BCUT2D eigenvalue weighted by Gasteiger charge is -2.07. The molecular formula is C13H14N2O2. The number of aromatic hydroxyl groups is 1. The molecule has 0 amide bonds. The largest absolute Gasteiger partial charge is 0.508 e. The first kappa shape index (κ1) is 11.4. The lowest BCUT2D eigenvalue weighted by atomic mass is 10.2. The van der Waals surface area contributed by atoms with E-state index >= 15 is 0 Å². The highest BCUT2D eigenvalue weighted by atomic mass is 16.5. The first-order valence-corrected chi connectivity index (χ1v) is 5.32. The summed E-state index contributed by atoms with van der Waals surface area (Å²) in [5.74, 6) is 0.819. The topological polar surface area (TPSA) is 68.4 Å². The number of nitrogens with two attached hydrogens (primary N) is 1. The molecular weight excluding hydrogens is 216 g/mol. The predicted molar refractivity (Wildman–Crippen MR) is 64.6 cm³/mol. The number of hydrogen-bond acceptors (Lipinski definition) is 4. The van der Waals surface area contributed by atoms with Crippen molar-refractivity contribution in [1.82, 2.24) is 4.98 Å². The van der Waals surface area contributed by atoms with Crippen molar-refractivity contribution in [1.29, 1.82) is 0 Å². The molecule has 3 N–H and O–H groups in total. The summed E-state index contributed by atoms with van der Waals surface area (Å²) in [6.07, 6.45) is 3.47. The third-order valence-electron chi connectivity index (χ3n) is 2.31. The second-order valence-corrected chi connectivity index (χ2v) is 3.69. The molecule has 4 heteroatoms. The molecule has 0 unspecified atom stereocenters. The minimum atomic E-state index is 0.191. The first-order valence-electron chi connectivity index (χ1n) is 5.32. The lowest BCUT2D eigenvalue weighted by molar-refractivity contribution is 0.304. The van der Waals surface area contributed by atoms with Gasteiger partial charge in [-0.05, 0) is 23.8 Å². The molecule has 0 bridgehead atoms. The van der Waals surface area contributed by atoms with E-state index in [0.29, 0.717) is 18.9 Å². The molecule has 1 aromatic heterocycles. The van der Waals surface area contributed by atoms with Crippen LogP contribution in [-0.2, 0) is 13.2 Å². The summed E-state index contributed by atoms with van der Waals surface area (Å²) in [7, 11) is 0. The Balaban J connectivity index is 2.02. The zero-order chi connectivity index (χ0) is 12.1. The summed E-state index contributed by atoms with van der Waals surface area (Å²) in [6.45, 7) is 0.872. The van der Waals surface area contributed by atoms with Crippen LogP contribution >= 0.6 is 0 Å². The fraction of sp³-hybridized carbons (Fsp3) is 0.154. The van der Waals surface area contributed by atoms with Crippen LogP contribution < -0.4 is 10.5 Å². The lowest BCUT2D eigenvalue weighted by Crippen LogP contribution is -2.01. The standard InChI is InChI=1S/C13H14N2O2/c14-6-10-4-11(8-15-7-10)9-17-13-3-1-2-12(16)5-13/h1-5,7-8,16H,6,9,14H2. The van der Waals surface area contributed by atoms with E-state index in [1.165, 1.54) is 0 Å². The highest BCUT2D eigenvalue weighted by molar-refractivity contribution is 5.32. The van der Waals surface area contributed by atoms with E-state index in [1.807, 2.05) is 6.07 Å². The molecule has 0 aliphatic heterocycles. The first-order chi connectivity index (χ1) is 8.28. The molecule has 0 saturated heterocycles. The Hall–Kier alpha value is -2.07. The van der Waals surface area contributed by atoms with Crippen LogP contribution in [0.3, 0.4) is 0 Å². The molecule has 2 rings (SSSR count). The zero-order valence-electron chi connectivity index (χ0n) is 9.34. The predicted octanol–water partition coefficient (Wildman–Crippen LogP) is 1.82. The fourth-order valence-electron chi connectivity index (χ4n) is 1.47. The number of aromatic nitrogens is 1. The van der Waals surface area contributed by atoms with Gasteiger partial charge in [-0.25, -0.2) is 0 Å². The van der Waals surface area contributed by atoms with Gasteiger partial charge in [-0.1, -0.05) is 6.07 Å². The van der Waals surface area contributed by atoms with Crippen LogP contribution in [0.5, 0.6) is 11.5 Å². The van der Waals surface area contributed by atoms with Crippen molar-refractivity contribution in [3.8, 4) is 11.5 Å². The maximum Gasteiger partial charge on any atom is 0.123 e. The van der Waals surface area contributed by atoms with Gasteiger partial charge >= 0.3 is 0 Å². The summed E-state index contributed by atoms with van der Waals surface area (Å²) in [5.41, 5.74) is 7.46. The number of pyridine rings is 1. The third kappa shape index (κ3) is 3.19. The van der Waals surface area contributed by atoms with E-state index < -0.39 is 0 Å². The minimum absolute atomic E-state index is 0.191. The van der Waals surface area contributed by atoms with Crippen molar-refractivity contribution in [2.45, 2.75) is 13.2 Å². The maximum atomic E-state index is 9.28. The number of phenolic OH excluding ortho intramolecular Hbond substituents is 1. The van der Waals surface area contributed by atoms with E-state index in [0.717, 1.165) is 11.1 Å². The number of rotatable bonds is 4. The molecule has 1 heterocycles. The monoisotopic (exact) mass is 230 g/mol. The van der Waals surface area contributed by atoms with Gasteiger partial charge in [0, 0.05) is 30.6 Å². The van der Waals surface area contributed by atoms with Crippen LogP contribution in [-0.4, -0.2) is 10.1 Å². The third-order valence-corrected chi connectivity index (χ3v) is 2.31. The number of nitrogens with zero attached hydrogens (tertiary/aromatic N) is 1. The number of hydrogen-bond donors (Lipinski definition) is 2. The Morgan fingerprint density at radius 3 is 2.76 bits per heavy atom. The molecule has 0 atom stereocenters. The summed E-state index contributed by atoms with van der Waals surface area (Å²) < 4.78 is 5.53. The molecule has 1 aromatic carbocycles. The summed E-state index contributed by atoms with van der Waals surface area (Å²) >= 11 is 0. The quantitative estimate of drug-likeness (QED) is 0.840. The van der Waals surface area contributed by atoms with Crippen molar-refractivity contribution in [3.63, 3.8) is 0 Å². The summed E-state index contributed by atoms with van der Waals surface area (Å²) in [5, 5.41) is 9.28. The molecule has 0 saturated carbocycles. The van der Waals surface area contributed by atoms with E-state index in [4.69, 9.17) is 10.5 Å². The fourth-order valence-corrected chi connectivity index (χ4v) is 1.47. The number of phenols is 1. The van der Waals surface area contributed by atoms with Gasteiger partial charge < -0.3 is 15.6 Å². The minimum Gasteiger partial charge on any atom is -0.508 e. The van der Waals surface area contributed by atoms with Crippen LogP contribution in [0.2, 0.25) is 0 Å². The van der Waals surface area contributed by atoms with Gasteiger partial charge in [-0.2, -0.15) is 0 Å². The molecule has 17 heavy (non-hydrogen) atoms. The van der Waals surface area contributed by atoms with Gasteiger partial charge in [-0.15, -0.1) is 0 Å². The van der Waals surface area contributed by atoms with Crippen molar-refractivity contribution in [2.75, 3.05) is 0 Å². The van der Waals surface area contributed by atoms with Crippen LogP contribution in [0, 0.1) is 0 Å². The highest BCUT2D eigenvalue weighted by Crippen LogP contribution is 2.18. The second-order valence-electron chi connectivity index (χ2n) is 3.69. The molecule has 0 aliphatic rings. The zero-order valence-corrected chi connectivity index (χ0v) is 9.34. The number of ether oxygens (including phenoxy) is 1.